The molecule has 0 radical (unpaired) electrons. The number of hydrogen-bond acceptors (Lipinski definition) is 3. The van der Waals surface area contributed by atoms with Crippen LogP contribution in [0.4, 0.5) is 5.69 Å². The predicted molar refractivity (Wildman–Crippen MR) is 117 cm³/mol. The molecule has 0 unspecified atom stereocenters. The SMILES string of the molecule is Cc1cccc(CN2CCc3cc(Oc4c(Cl)cc(N)cc4Cl)ccc3C2=O)c1. The van der Waals surface area contributed by atoms with E-state index < -0.39 is 0 Å². The van der Waals surface area contributed by atoms with Gasteiger partial charge in [0.05, 0.1) is 10.0 Å². The highest BCUT2D eigenvalue weighted by atomic mass is 35.5. The predicted octanol–water partition coefficient (Wildman–Crippen LogP) is 5.87. The van der Waals surface area contributed by atoms with Gasteiger partial charge in [0.25, 0.3) is 5.91 Å². The number of halogens is 2. The highest BCUT2D eigenvalue weighted by molar-refractivity contribution is 6.37. The van der Waals surface area contributed by atoms with E-state index in [1.54, 1.807) is 24.3 Å². The Kier molecular flexibility index (Phi) is 5.39. The lowest BCUT2D eigenvalue weighted by molar-refractivity contribution is 0.0727. The van der Waals surface area contributed by atoms with E-state index in [1.165, 1.54) is 5.56 Å². The molecule has 6 heteroatoms. The molecule has 1 aliphatic heterocycles. The standard InChI is InChI=1S/C23H20Cl2N2O2/c1-14-3-2-4-15(9-14)13-27-8-7-16-10-18(5-6-19(16)23(27)28)29-22-20(24)11-17(26)12-21(22)25/h2-6,9-12H,7-8,13,26H2,1H3. The first kappa shape index (κ1) is 19.6. The van der Waals surface area contributed by atoms with Gasteiger partial charge in [-0.3, -0.25) is 4.79 Å². The average molecular weight is 427 g/mol. The highest BCUT2D eigenvalue weighted by Crippen LogP contribution is 2.38. The quantitative estimate of drug-likeness (QED) is 0.530. The zero-order valence-electron chi connectivity index (χ0n) is 15.9. The van der Waals surface area contributed by atoms with Crippen LogP contribution in [0.25, 0.3) is 0 Å². The number of anilines is 1. The molecule has 0 atom stereocenters. The Labute approximate surface area is 179 Å². The van der Waals surface area contributed by atoms with Crippen molar-refractivity contribution in [2.45, 2.75) is 19.9 Å². The summed E-state index contributed by atoms with van der Waals surface area (Å²) in [5.74, 6) is 0.964. The molecule has 2 N–H and O–H groups in total. The maximum atomic E-state index is 13.0. The van der Waals surface area contributed by atoms with Crippen LogP contribution < -0.4 is 10.5 Å². The number of nitrogens with zero attached hydrogens (tertiary/aromatic N) is 1. The van der Waals surface area contributed by atoms with E-state index in [-0.39, 0.29) is 5.91 Å². The van der Waals surface area contributed by atoms with Crippen LogP contribution in [0.1, 0.15) is 27.0 Å². The molecule has 0 fully saturated rings. The van der Waals surface area contributed by atoms with Crippen molar-refractivity contribution in [2.75, 3.05) is 12.3 Å². The average Bonchev–Trinajstić information content (AvgIpc) is 2.67. The third-order valence-corrected chi connectivity index (χ3v) is 5.50. The molecule has 3 aromatic carbocycles. The summed E-state index contributed by atoms with van der Waals surface area (Å²) in [6, 6.07) is 16.8. The van der Waals surface area contributed by atoms with Gasteiger partial charge in [0.2, 0.25) is 0 Å². The van der Waals surface area contributed by atoms with Crippen LogP contribution in [0, 0.1) is 6.92 Å². The lowest BCUT2D eigenvalue weighted by atomic mass is 9.98. The fraction of sp³-hybridized carbons (Fsp3) is 0.174. The first-order valence-corrected chi connectivity index (χ1v) is 10.1. The fourth-order valence-electron chi connectivity index (χ4n) is 3.55. The summed E-state index contributed by atoms with van der Waals surface area (Å²) >= 11 is 12.4. The second kappa shape index (κ2) is 7.97. The Morgan fingerprint density at radius 2 is 1.83 bits per heavy atom. The lowest BCUT2D eigenvalue weighted by Crippen LogP contribution is -2.37. The lowest BCUT2D eigenvalue weighted by Gasteiger charge is -2.29. The highest BCUT2D eigenvalue weighted by Gasteiger charge is 2.25. The van der Waals surface area contributed by atoms with Gasteiger partial charge in [-0.05, 0) is 54.8 Å². The molecule has 0 bridgehead atoms. The van der Waals surface area contributed by atoms with Gasteiger partial charge in [-0.15, -0.1) is 0 Å². The van der Waals surface area contributed by atoms with Gasteiger partial charge in [0, 0.05) is 24.3 Å². The molecule has 4 nitrogen and oxygen atoms in total. The Bertz CT molecular complexity index is 1070. The number of aryl methyl sites for hydroxylation is 1. The summed E-state index contributed by atoms with van der Waals surface area (Å²) in [6.07, 6.45) is 0.757. The van der Waals surface area contributed by atoms with Gasteiger partial charge >= 0.3 is 0 Å². The molecule has 148 valence electrons. The van der Waals surface area contributed by atoms with Crippen molar-refractivity contribution in [1.82, 2.24) is 4.90 Å². The molecule has 0 saturated carbocycles. The molecule has 3 aromatic rings. The van der Waals surface area contributed by atoms with Gasteiger partial charge < -0.3 is 15.4 Å². The first-order chi connectivity index (χ1) is 13.9. The van der Waals surface area contributed by atoms with Crippen molar-refractivity contribution < 1.29 is 9.53 Å². The molecule has 1 aliphatic rings. The minimum absolute atomic E-state index is 0.0304. The molecule has 29 heavy (non-hydrogen) atoms. The normalized spacial score (nSPS) is 13.3. The van der Waals surface area contributed by atoms with Crippen molar-refractivity contribution in [3.8, 4) is 11.5 Å². The van der Waals surface area contributed by atoms with E-state index in [4.69, 9.17) is 33.7 Å². The van der Waals surface area contributed by atoms with Crippen LogP contribution in [0.3, 0.4) is 0 Å². The molecule has 0 spiro atoms. The van der Waals surface area contributed by atoms with Crippen LogP contribution in [0.5, 0.6) is 11.5 Å². The molecule has 0 saturated heterocycles. The van der Waals surface area contributed by atoms with Crippen LogP contribution >= 0.6 is 23.2 Å². The van der Waals surface area contributed by atoms with Crippen LogP contribution in [0.15, 0.2) is 54.6 Å². The van der Waals surface area contributed by atoms with Crippen LogP contribution in [-0.2, 0) is 13.0 Å². The molecule has 4 rings (SSSR count). The number of carbonyl (C=O) groups excluding carboxylic acids is 1. The van der Waals surface area contributed by atoms with Crippen molar-refractivity contribution >= 4 is 34.8 Å². The summed E-state index contributed by atoms with van der Waals surface area (Å²) in [6.45, 7) is 3.32. The largest absolute Gasteiger partial charge is 0.454 e. The minimum atomic E-state index is 0.0304. The van der Waals surface area contributed by atoms with Crippen molar-refractivity contribution in [3.05, 3.63) is 86.9 Å². The maximum Gasteiger partial charge on any atom is 0.254 e. The van der Waals surface area contributed by atoms with E-state index >= 15 is 0 Å². The molecule has 1 heterocycles. The van der Waals surface area contributed by atoms with Crippen LogP contribution in [-0.4, -0.2) is 17.4 Å². The Morgan fingerprint density at radius 1 is 1.07 bits per heavy atom. The smallest absolute Gasteiger partial charge is 0.254 e. The number of carbonyl (C=O) groups is 1. The number of nitrogens with two attached hydrogens (primary N) is 1. The second-order valence-corrected chi connectivity index (χ2v) is 8.01. The van der Waals surface area contributed by atoms with Gasteiger partial charge in [-0.2, -0.15) is 0 Å². The third-order valence-electron chi connectivity index (χ3n) is 4.94. The fourth-order valence-corrected chi connectivity index (χ4v) is 4.13. The molecular weight excluding hydrogens is 407 g/mol. The second-order valence-electron chi connectivity index (χ2n) is 7.20. The van der Waals surface area contributed by atoms with E-state index in [0.717, 1.165) is 17.5 Å². The van der Waals surface area contributed by atoms with Crippen molar-refractivity contribution in [3.63, 3.8) is 0 Å². The number of amides is 1. The third kappa shape index (κ3) is 4.19. The van der Waals surface area contributed by atoms with E-state index in [2.05, 4.69) is 19.1 Å². The van der Waals surface area contributed by atoms with Crippen LogP contribution in [0.2, 0.25) is 10.0 Å². The number of fused-ring (bicyclic) bond motifs is 1. The summed E-state index contributed by atoms with van der Waals surface area (Å²) in [5.41, 5.74) is 10.2. The van der Waals surface area contributed by atoms with Gasteiger partial charge in [0.15, 0.2) is 5.75 Å². The molecule has 0 aromatic heterocycles. The molecular formula is C23H20Cl2N2O2. The maximum absolute atomic E-state index is 13.0. The van der Waals surface area contributed by atoms with Crippen molar-refractivity contribution in [2.24, 2.45) is 0 Å². The van der Waals surface area contributed by atoms with E-state index in [1.807, 2.05) is 23.1 Å². The topological polar surface area (TPSA) is 55.6 Å². The van der Waals surface area contributed by atoms with Gasteiger partial charge in [0.1, 0.15) is 5.75 Å². The monoisotopic (exact) mass is 426 g/mol. The zero-order valence-corrected chi connectivity index (χ0v) is 17.4. The van der Waals surface area contributed by atoms with E-state index in [9.17, 15) is 4.79 Å². The number of rotatable bonds is 4. The Balaban J connectivity index is 1.54. The number of hydrogen-bond donors (Lipinski definition) is 1. The Morgan fingerprint density at radius 3 is 2.55 bits per heavy atom. The summed E-state index contributed by atoms with van der Waals surface area (Å²) in [5, 5.41) is 0.682. The first-order valence-electron chi connectivity index (χ1n) is 9.31. The number of ether oxygens (including phenoxy) is 1. The Hall–Kier alpha value is -2.69. The van der Waals surface area contributed by atoms with Crippen molar-refractivity contribution in [1.29, 1.82) is 0 Å². The zero-order chi connectivity index (χ0) is 20.5. The molecule has 1 amide bonds. The van der Waals surface area contributed by atoms with Gasteiger partial charge in [-0.25, -0.2) is 0 Å². The minimum Gasteiger partial charge on any atom is -0.454 e. The van der Waals surface area contributed by atoms with Gasteiger partial charge in [-0.1, -0.05) is 53.0 Å². The molecule has 0 aliphatic carbocycles. The summed E-state index contributed by atoms with van der Waals surface area (Å²) in [4.78, 5) is 14.8. The summed E-state index contributed by atoms with van der Waals surface area (Å²) in [7, 11) is 0. The summed E-state index contributed by atoms with van der Waals surface area (Å²) < 4.78 is 5.89. The number of nitrogen functional groups attached to an aromatic ring is 1. The number of benzene rings is 3. The van der Waals surface area contributed by atoms with E-state index in [0.29, 0.717) is 45.9 Å².